The summed E-state index contributed by atoms with van der Waals surface area (Å²) in [4.78, 5) is 11.8. The van der Waals surface area contributed by atoms with E-state index in [4.69, 9.17) is 4.74 Å². The van der Waals surface area contributed by atoms with Crippen LogP contribution in [0.25, 0.3) is 10.2 Å². The first-order valence-electron chi connectivity index (χ1n) is 8.56. The third-order valence-corrected chi connectivity index (χ3v) is 7.83. The van der Waals surface area contributed by atoms with Crippen LogP contribution in [0.3, 0.4) is 0 Å². The Labute approximate surface area is 144 Å². The standard InChI is InChI=1S/C17H21N3OS2/c1-2-12-13(3-1)23-16-14(12)15(18-10-19-16)20-11-4-6-21-17(8-11)5-7-22-9-17/h10-11H,1-9H2,(H,18,19,20). The van der Waals surface area contributed by atoms with Gasteiger partial charge in [-0.1, -0.05) is 0 Å². The van der Waals surface area contributed by atoms with E-state index < -0.39 is 0 Å². The lowest BCUT2D eigenvalue weighted by molar-refractivity contribution is -0.0628. The summed E-state index contributed by atoms with van der Waals surface area (Å²) in [6.07, 6.45) is 8.78. The molecule has 2 aromatic rings. The highest BCUT2D eigenvalue weighted by molar-refractivity contribution is 7.99. The molecule has 0 bridgehead atoms. The Balaban J connectivity index is 1.45. The summed E-state index contributed by atoms with van der Waals surface area (Å²) in [6.45, 7) is 0.869. The van der Waals surface area contributed by atoms with Crippen LogP contribution >= 0.6 is 23.1 Å². The van der Waals surface area contributed by atoms with E-state index in [9.17, 15) is 0 Å². The molecule has 0 radical (unpaired) electrons. The van der Waals surface area contributed by atoms with Gasteiger partial charge in [-0.05, 0) is 49.8 Å². The first-order chi connectivity index (χ1) is 11.3. The molecule has 2 aromatic heterocycles. The molecule has 1 spiro atoms. The predicted molar refractivity (Wildman–Crippen MR) is 96.7 cm³/mol. The Kier molecular flexibility index (Phi) is 3.53. The molecule has 2 unspecified atom stereocenters. The van der Waals surface area contributed by atoms with Gasteiger partial charge < -0.3 is 10.1 Å². The monoisotopic (exact) mass is 347 g/mol. The van der Waals surface area contributed by atoms with E-state index in [2.05, 4.69) is 15.3 Å². The molecule has 2 atom stereocenters. The number of ether oxygens (including phenoxy) is 1. The van der Waals surface area contributed by atoms with Crippen LogP contribution in [-0.2, 0) is 17.6 Å². The molecular formula is C17H21N3OS2. The second-order valence-corrected chi connectivity index (χ2v) is 9.12. The fraction of sp³-hybridized carbons (Fsp3) is 0.647. The molecule has 1 aliphatic carbocycles. The zero-order valence-corrected chi connectivity index (χ0v) is 14.8. The van der Waals surface area contributed by atoms with Crippen LogP contribution in [0, 0.1) is 0 Å². The Hall–Kier alpha value is -0.850. The van der Waals surface area contributed by atoms with Crippen LogP contribution < -0.4 is 5.32 Å². The van der Waals surface area contributed by atoms with Gasteiger partial charge in [0.25, 0.3) is 0 Å². The van der Waals surface area contributed by atoms with E-state index in [0.29, 0.717) is 6.04 Å². The van der Waals surface area contributed by atoms with E-state index in [1.165, 1.54) is 47.3 Å². The molecule has 5 rings (SSSR count). The Morgan fingerprint density at radius 1 is 1.30 bits per heavy atom. The molecule has 3 aliphatic rings. The Morgan fingerprint density at radius 3 is 3.22 bits per heavy atom. The van der Waals surface area contributed by atoms with Crippen LogP contribution in [0.4, 0.5) is 5.82 Å². The molecule has 122 valence electrons. The molecule has 0 saturated carbocycles. The quantitative estimate of drug-likeness (QED) is 0.898. The molecule has 6 heteroatoms. The van der Waals surface area contributed by atoms with Gasteiger partial charge in [0.05, 0.1) is 11.0 Å². The maximum atomic E-state index is 6.15. The van der Waals surface area contributed by atoms with Gasteiger partial charge in [-0.25, -0.2) is 9.97 Å². The molecule has 2 fully saturated rings. The number of hydrogen-bond acceptors (Lipinski definition) is 6. The maximum absolute atomic E-state index is 6.15. The molecule has 2 aliphatic heterocycles. The highest BCUT2D eigenvalue weighted by atomic mass is 32.2. The third-order valence-electron chi connectivity index (χ3n) is 5.40. The highest BCUT2D eigenvalue weighted by Gasteiger charge is 2.40. The average Bonchev–Trinajstić information content (AvgIpc) is 3.24. The lowest BCUT2D eigenvalue weighted by atomic mass is 9.90. The summed E-state index contributed by atoms with van der Waals surface area (Å²) in [5.41, 5.74) is 1.62. The van der Waals surface area contributed by atoms with Crippen molar-refractivity contribution in [1.29, 1.82) is 0 Å². The van der Waals surface area contributed by atoms with Crippen molar-refractivity contribution in [3.63, 3.8) is 0 Å². The molecule has 0 aromatic carbocycles. The van der Waals surface area contributed by atoms with Crippen LogP contribution in [-0.4, -0.2) is 39.7 Å². The van der Waals surface area contributed by atoms with Crippen molar-refractivity contribution in [3.05, 3.63) is 16.8 Å². The zero-order valence-electron chi connectivity index (χ0n) is 13.1. The minimum absolute atomic E-state index is 0.114. The predicted octanol–water partition coefficient (Wildman–Crippen LogP) is 3.65. The van der Waals surface area contributed by atoms with Crippen LogP contribution in [0.2, 0.25) is 0 Å². The lowest BCUT2D eigenvalue weighted by Gasteiger charge is -2.38. The smallest absolute Gasteiger partial charge is 0.138 e. The van der Waals surface area contributed by atoms with Crippen molar-refractivity contribution < 1.29 is 4.74 Å². The van der Waals surface area contributed by atoms with Gasteiger partial charge in [-0.2, -0.15) is 11.8 Å². The van der Waals surface area contributed by atoms with E-state index in [0.717, 1.165) is 35.8 Å². The normalized spacial score (nSPS) is 30.2. The van der Waals surface area contributed by atoms with E-state index in [1.54, 1.807) is 6.33 Å². The van der Waals surface area contributed by atoms with Crippen molar-refractivity contribution in [2.45, 2.75) is 50.2 Å². The zero-order chi connectivity index (χ0) is 15.3. The molecule has 23 heavy (non-hydrogen) atoms. The molecule has 2 saturated heterocycles. The summed E-state index contributed by atoms with van der Waals surface area (Å²) in [5.74, 6) is 3.45. The fourth-order valence-corrected chi connectivity index (χ4v) is 6.85. The number of aromatic nitrogens is 2. The number of thiophene rings is 1. The van der Waals surface area contributed by atoms with Crippen molar-refractivity contribution >= 4 is 39.1 Å². The first kappa shape index (κ1) is 14.5. The highest BCUT2D eigenvalue weighted by Crippen LogP contribution is 2.41. The summed E-state index contributed by atoms with van der Waals surface area (Å²) in [6, 6.07) is 0.470. The fourth-order valence-electron chi connectivity index (χ4n) is 4.25. The second kappa shape index (κ2) is 5.60. The second-order valence-electron chi connectivity index (χ2n) is 6.93. The first-order valence-corrected chi connectivity index (χ1v) is 10.5. The van der Waals surface area contributed by atoms with Crippen molar-refractivity contribution in [2.75, 3.05) is 23.4 Å². The number of rotatable bonds is 2. The Bertz CT molecular complexity index is 739. The minimum atomic E-state index is 0.114. The lowest BCUT2D eigenvalue weighted by Crippen LogP contribution is -2.44. The van der Waals surface area contributed by atoms with E-state index >= 15 is 0 Å². The maximum Gasteiger partial charge on any atom is 0.138 e. The number of nitrogens with one attached hydrogen (secondary N) is 1. The van der Waals surface area contributed by atoms with Gasteiger partial charge in [0.2, 0.25) is 0 Å². The largest absolute Gasteiger partial charge is 0.374 e. The number of aryl methyl sites for hydroxylation is 2. The van der Waals surface area contributed by atoms with Crippen molar-refractivity contribution in [1.82, 2.24) is 9.97 Å². The van der Waals surface area contributed by atoms with Gasteiger partial charge in [0.15, 0.2) is 0 Å². The summed E-state index contributed by atoms with van der Waals surface area (Å²) < 4.78 is 6.15. The van der Waals surface area contributed by atoms with Crippen LogP contribution in [0.1, 0.15) is 36.1 Å². The van der Waals surface area contributed by atoms with Crippen LogP contribution in [0.5, 0.6) is 0 Å². The summed E-state index contributed by atoms with van der Waals surface area (Å²) in [7, 11) is 0. The molecule has 1 N–H and O–H groups in total. The van der Waals surface area contributed by atoms with Gasteiger partial charge in [0, 0.05) is 23.3 Å². The third kappa shape index (κ3) is 2.46. The van der Waals surface area contributed by atoms with E-state index in [-0.39, 0.29) is 5.60 Å². The van der Waals surface area contributed by atoms with Gasteiger partial charge >= 0.3 is 0 Å². The van der Waals surface area contributed by atoms with Gasteiger partial charge in [-0.3, -0.25) is 0 Å². The minimum Gasteiger partial charge on any atom is -0.374 e. The molecule has 4 heterocycles. The van der Waals surface area contributed by atoms with Crippen LogP contribution in [0.15, 0.2) is 6.33 Å². The number of anilines is 1. The Morgan fingerprint density at radius 2 is 2.30 bits per heavy atom. The summed E-state index contributed by atoms with van der Waals surface area (Å²) in [5, 5.41) is 5.05. The van der Waals surface area contributed by atoms with Crippen molar-refractivity contribution in [3.8, 4) is 0 Å². The number of thioether (sulfide) groups is 1. The number of fused-ring (bicyclic) bond motifs is 3. The molecule has 4 nitrogen and oxygen atoms in total. The van der Waals surface area contributed by atoms with Gasteiger partial charge in [0.1, 0.15) is 17.0 Å². The summed E-state index contributed by atoms with van der Waals surface area (Å²) >= 11 is 3.89. The van der Waals surface area contributed by atoms with Gasteiger partial charge in [-0.15, -0.1) is 11.3 Å². The average molecular weight is 348 g/mol. The van der Waals surface area contributed by atoms with Crippen molar-refractivity contribution in [2.24, 2.45) is 0 Å². The molecular weight excluding hydrogens is 326 g/mol. The topological polar surface area (TPSA) is 47.0 Å². The number of hydrogen-bond donors (Lipinski definition) is 1. The van der Waals surface area contributed by atoms with E-state index in [1.807, 2.05) is 23.1 Å². The number of nitrogens with zero attached hydrogens (tertiary/aromatic N) is 2. The molecule has 0 amide bonds. The SMILES string of the molecule is c1nc(NC2CCOC3(CCSC3)C2)c2c3c(sc2n1)CCC3.